The van der Waals surface area contributed by atoms with Gasteiger partial charge in [0.25, 0.3) is 0 Å². The van der Waals surface area contributed by atoms with Crippen molar-refractivity contribution in [2.45, 2.75) is 19.5 Å². The monoisotopic (exact) mass is 449 g/mol. The fraction of sp³-hybridized carbons (Fsp3) is 0.174. The van der Waals surface area contributed by atoms with Crippen molar-refractivity contribution in [2.75, 3.05) is 6.54 Å². The maximum absolute atomic E-state index is 13.5. The molecule has 0 aliphatic carbocycles. The molecule has 0 bridgehead atoms. The normalized spacial score (nSPS) is 14.5. The van der Waals surface area contributed by atoms with Gasteiger partial charge in [-0.1, -0.05) is 24.3 Å². The van der Waals surface area contributed by atoms with Crippen LogP contribution in [0, 0.1) is 11.6 Å². The Labute approximate surface area is 179 Å². The molecule has 9 heteroatoms. The van der Waals surface area contributed by atoms with Crippen molar-refractivity contribution in [1.29, 1.82) is 0 Å². The van der Waals surface area contributed by atoms with Gasteiger partial charge in [-0.3, -0.25) is 9.69 Å². The number of benzene rings is 3. The average molecular weight is 449 g/mol. The summed E-state index contributed by atoms with van der Waals surface area (Å²) in [5.74, 6) is -2.38. The Bertz CT molecular complexity index is 1150. The third-order valence-electron chi connectivity index (χ3n) is 4.84. The van der Waals surface area contributed by atoms with E-state index in [0.29, 0.717) is 34.5 Å². The molecule has 166 valence electrons. The molecule has 0 N–H and O–H groups in total. The number of carbonyl (C=O) groups excluding carboxylic acids is 1. The van der Waals surface area contributed by atoms with E-state index in [1.807, 2.05) is 0 Å². The molecular weight excluding hydrogens is 433 g/mol. The van der Waals surface area contributed by atoms with Crippen LogP contribution in [0.3, 0.4) is 0 Å². The lowest BCUT2D eigenvalue weighted by Crippen LogP contribution is -2.28. The van der Waals surface area contributed by atoms with E-state index < -0.39 is 24.0 Å². The topological polar surface area (TPSA) is 38.8 Å². The second kappa shape index (κ2) is 8.58. The van der Waals surface area contributed by atoms with E-state index >= 15 is 0 Å². The van der Waals surface area contributed by atoms with E-state index in [2.05, 4.69) is 4.74 Å². The first kappa shape index (κ1) is 21.8. The summed E-state index contributed by atoms with van der Waals surface area (Å²) < 4.78 is 73.0. The number of hydrogen-bond donors (Lipinski definition) is 0. The van der Waals surface area contributed by atoms with E-state index in [-0.39, 0.29) is 18.8 Å². The lowest BCUT2D eigenvalue weighted by Gasteiger charge is -2.19. The van der Waals surface area contributed by atoms with Crippen molar-refractivity contribution < 1.29 is 36.2 Å². The molecule has 3 aromatic carbocycles. The van der Waals surface area contributed by atoms with Gasteiger partial charge in [0.15, 0.2) is 11.6 Å². The molecule has 32 heavy (non-hydrogen) atoms. The van der Waals surface area contributed by atoms with Crippen LogP contribution in [0.4, 0.5) is 22.0 Å². The second-order valence-electron chi connectivity index (χ2n) is 7.26. The first-order valence-corrected chi connectivity index (χ1v) is 9.52. The Kier molecular flexibility index (Phi) is 5.84. The zero-order chi connectivity index (χ0) is 22.9. The molecule has 0 fully saturated rings. The van der Waals surface area contributed by atoms with Crippen LogP contribution >= 0.6 is 0 Å². The van der Waals surface area contributed by atoms with Crippen LogP contribution in [0.2, 0.25) is 0 Å². The van der Waals surface area contributed by atoms with Crippen molar-refractivity contribution >= 4 is 5.97 Å². The zero-order valence-corrected chi connectivity index (χ0v) is 16.5. The van der Waals surface area contributed by atoms with Crippen LogP contribution in [0.15, 0.2) is 60.7 Å². The average Bonchev–Trinajstić information content (AvgIpc) is 2.87. The fourth-order valence-corrected chi connectivity index (χ4v) is 3.47. The minimum atomic E-state index is -4.77. The van der Waals surface area contributed by atoms with Gasteiger partial charge < -0.3 is 9.47 Å². The zero-order valence-electron chi connectivity index (χ0n) is 16.5. The second-order valence-corrected chi connectivity index (χ2v) is 7.26. The van der Waals surface area contributed by atoms with Gasteiger partial charge in [0.05, 0.1) is 6.54 Å². The van der Waals surface area contributed by atoms with E-state index in [0.717, 1.165) is 12.1 Å². The summed E-state index contributed by atoms with van der Waals surface area (Å²) >= 11 is 0. The van der Waals surface area contributed by atoms with Crippen LogP contribution in [-0.2, 0) is 17.9 Å². The maximum atomic E-state index is 13.5. The van der Waals surface area contributed by atoms with Crippen molar-refractivity contribution in [2.24, 2.45) is 0 Å². The van der Waals surface area contributed by atoms with Crippen LogP contribution in [0.25, 0.3) is 11.1 Å². The van der Waals surface area contributed by atoms with Gasteiger partial charge >= 0.3 is 12.3 Å². The lowest BCUT2D eigenvalue weighted by atomic mass is 10.0. The quantitative estimate of drug-likeness (QED) is 0.302. The minimum Gasteiger partial charge on any atom is -0.425 e. The molecule has 3 aromatic rings. The molecular formula is C23H16F5NO3. The number of esters is 1. The van der Waals surface area contributed by atoms with Gasteiger partial charge in [-0.15, -0.1) is 13.2 Å². The highest BCUT2D eigenvalue weighted by atomic mass is 19.4. The van der Waals surface area contributed by atoms with Gasteiger partial charge in [0, 0.05) is 18.7 Å². The van der Waals surface area contributed by atoms with Gasteiger partial charge in [0.1, 0.15) is 11.5 Å². The summed E-state index contributed by atoms with van der Waals surface area (Å²) in [4.78, 5) is 13.9. The van der Waals surface area contributed by atoms with Crippen LogP contribution in [0.1, 0.15) is 11.1 Å². The summed E-state index contributed by atoms with van der Waals surface area (Å²) in [5, 5.41) is 0. The number of carbonyl (C=O) groups is 1. The summed E-state index contributed by atoms with van der Waals surface area (Å²) in [5.41, 5.74) is 2.51. The molecule has 1 heterocycles. The molecule has 0 saturated heterocycles. The van der Waals surface area contributed by atoms with Crippen LogP contribution in [0.5, 0.6) is 11.5 Å². The Balaban J connectivity index is 1.56. The molecule has 4 rings (SSSR count). The predicted molar refractivity (Wildman–Crippen MR) is 105 cm³/mol. The molecule has 0 aromatic heterocycles. The first-order valence-electron chi connectivity index (χ1n) is 9.52. The molecule has 4 nitrogen and oxygen atoms in total. The van der Waals surface area contributed by atoms with Crippen molar-refractivity contribution in [3.63, 3.8) is 0 Å². The predicted octanol–water partition coefficient (Wildman–Crippen LogP) is 5.45. The SMILES string of the molecule is O=C1CN(Cc2ccc(F)c(F)c2)Cc2cc(-c3ccc(OC(F)(F)F)cc3)ccc2O1. The van der Waals surface area contributed by atoms with E-state index in [1.54, 1.807) is 23.1 Å². The first-order chi connectivity index (χ1) is 15.2. The number of halogens is 5. The number of ether oxygens (including phenoxy) is 2. The molecule has 0 amide bonds. The van der Waals surface area contributed by atoms with Gasteiger partial charge in [0.2, 0.25) is 0 Å². The van der Waals surface area contributed by atoms with Crippen LogP contribution < -0.4 is 9.47 Å². The molecule has 1 aliphatic heterocycles. The van der Waals surface area contributed by atoms with Gasteiger partial charge in [-0.25, -0.2) is 8.78 Å². The Hall–Kier alpha value is -3.46. The maximum Gasteiger partial charge on any atom is 0.573 e. The van der Waals surface area contributed by atoms with Crippen LogP contribution in [-0.4, -0.2) is 23.8 Å². The fourth-order valence-electron chi connectivity index (χ4n) is 3.47. The number of fused-ring (bicyclic) bond motifs is 1. The highest BCUT2D eigenvalue weighted by molar-refractivity contribution is 5.76. The van der Waals surface area contributed by atoms with E-state index in [4.69, 9.17) is 4.74 Å². The molecule has 0 saturated carbocycles. The molecule has 0 spiro atoms. The molecule has 0 unspecified atom stereocenters. The van der Waals surface area contributed by atoms with Gasteiger partial charge in [-0.05, 0) is 53.1 Å². The van der Waals surface area contributed by atoms with Crippen molar-refractivity contribution in [3.8, 4) is 22.6 Å². The molecule has 1 aliphatic rings. The smallest absolute Gasteiger partial charge is 0.425 e. The molecule has 0 radical (unpaired) electrons. The summed E-state index contributed by atoms with van der Waals surface area (Å²) in [6, 6.07) is 14.0. The van der Waals surface area contributed by atoms with Gasteiger partial charge in [-0.2, -0.15) is 0 Å². The summed E-state index contributed by atoms with van der Waals surface area (Å²) in [6.45, 7) is 0.440. The highest BCUT2D eigenvalue weighted by Gasteiger charge is 2.31. The van der Waals surface area contributed by atoms with Crippen molar-refractivity contribution in [1.82, 2.24) is 4.90 Å². The summed E-state index contributed by atoms with van der Waals surface area (Å²) in [6.07, 6.45) is -4.77. The Morgan fingerprint density at radius 1 is 0.875 bits per heavy atom. The number of nitrogens with zero attached hydrogens (tertiary/aromatic N) is 1. The summed E-state index contributed by atoms with van der Waals surface area (Å²) in [7, 11) is 0. The third-order valence-corrected chi connectivity index (χ3v) is 4.84. The number of rotatable bonds is 4. The highest BCUT2D eigenvalue weighted by Crippen LogP contribution is 2.32. The number of hydrogen-bond acceptors (Lipinski definition) is 4. The third kappa shape index (κ3) is 5.23. The van der Waals surface area contributed by atoms with E-state index in [9.17, 15) is 26.7 Å². The Morgan fingerprint density at radius 3 is 2.28 bits per heavy atom. The van der Waals surface area contributed by atoms with Crippen molar-refractivity contribution in [3.05, 3.63) is 83.4 Å². The Morgan fingerprint density at radius 2 is 1.59 bits per heavy atom. The van der Waals surface area contributed by atoms with E-state index in [1.165, 1.54) is 30.3 Å². The largest absolute Gasteiger partial charge is 0.573 e. The lowest BCUT2D eigenvalue weighted by molar-refractivity contribution is -0.274. The molecule has 0 atom stereocenters. The minimum absolute atomic E-state index is 0.0491. The number of alkyl halides is 3. The standard InChI is InChI=1S/C23H16F5NO3/c24-19-7-1-14(9-20(19)25)11-29-12-17-10-16(4-8-21(17)31-22(30)13-29)15-2-5-18(6-3-15)32-23(26,27)28/h1-10H,11-13H2.